The van der Waals surface area contributed by atoms with Gasteiger partial charge in [0.1, 0.15) is 5.75 Å². The zero-order valence-electron chi connectivity index (χ0n) is 7.64. The minimum Gasteiger partial charge on any atom is -0.497 e. The Morgan fingerprint density at radius 3 is 2.86 bits per heavy atom. The number of nitrogens with zero attached hydrogens (tertiary/aromatic N) is 1. The minimum absolute atomic E-state index is 0.0109. The van der Waals surface area contributed by atoms with E-state index in [2.05, 4.69) is 0 Å². The number of benzene rings is 1. The lowest BCUT2D eigenvalue weighted by atomic mass is 10.3. The van der Waals surface area contributed by atoms with Crippen molar-refractivity contribution >= 4 is 11.5 Å². The van der Waals surface area contributed by atoms with Gasteiger partial charge in [-0.05, 0) is 12.1 Å². The van der Waals surface area contributed by atoms with Crippen LogP contribution >= 0.6 is 11.5 Å². The maximum absolute atomic E-state index is 11.4. The van der Waals surface area contributed by atoms with E-state index in [-0.39, 0.29) is 5.56 Å². The van der Waals surface area contributed by atoms with E-state index in [0.29, 0.717) is 0 Å². The summed E-state index contributed by atoms with van der Waals surface area (Å²) in [6, 6.07) is 8.96. The van der Waals surface area contributed by atoms with Crippen molar-refractivity contribution in [1.82, 2.24) is 3.96 Å². The maximum Gasteiger partial charge on any atom is 0.265 e. The van der Waals surface area contributed by atoms with E-state index < -0.39 is 0 Å². The molecule has 0 saturated heterocycles. The van der Waals surface area contributed by atoms with Gasteiger partial charge in [-0.25, -0.2) is 3.96 Å². The van der Waals surface area contributed by atoms with Gasteiger partial charge < -0.3 is 4.74 Å². The molecule has 0 atom stereocenters. The van der Waals surface area contributed by atoms with Crippen LogP contribution < -0.4 is 10.3 Å². The third-order valence-corrected chi connectivity index (χ3v) is 2.72. The van der Waals surface area contributed by atoms with Crippen molar-refractivity contribution in [2.75, 3.05) is 7.11 Å². The zero-order chi connectivity index (χ0) is 9.97. The van der Waals surface area contributed by atoms with Crippen LogP contribution in [-0.2, 0) is 0 Å². The molecule has 0 saturated carbocycles. The van der Waals surface area contributed by atoms with Gasteiger partial charge in [-0.3, -0.25) is 4.79 Å². The van der Waals surface area contributed by atoms with Gasteiger partial charge in [0, 0.05) is 17.5 Å². The average Bonchev–Trinajstić information content (AvgIpc) is 2.65. The molecule has 3 nitrogen and oxygen atoms in total. The summed E-state index contributed by atoms with van der Waals surface area (Å²) < 4.78 is 6.70. The molecule has 0 aliphatic heterocycles. The molecule has 1 aromatic carbocycles. The van der Waals surface area contributed by atoms with Crippen LogP contribution in [0, 0.1) is 0 Å². The number of hydrogen-bond donors (Lipinski definition) is 0. The van der Waals surface area contributed by atoms with E-state index in [1.165, 1.54) is 11.5 Å². The highest BCUT2D eigenvalue weighted by molar-refractivity contribution is 7.04. The van der Waals surface area contributed by atoms with Gasteiger partial charge in [0.25, 0.3) is 5.56 Å². The Morgan fingerprint density at radius 2 is 2.21 bits per heavy atom. The van der Waals surface area contributed by atoms with E-state index in [1.54, 1.807) is 22.5 Å². The van der Waals surface area contributed by atoms with Gasteiger partial charge in [-0.15, -0.1) is 0 Å². The number of aromatic nitrogens is 1. The number of methoxy groups -OCH3 is 1. The first-order chi connectivity index (χ1) is 6.81. The summed E-state index contributed by atoms with van der Waals surface area (Å²) in [5.74, 6) is 0.753. The van der Waals surface area contributed by atoms with Crippen LogP contribution in [-0.4, -0.2) is 11.1 Å². The third-order valence-electron chi connectivity index (χ3n) is 1.86. The van der Waals surface area contributed by atoms with Crippen molar-refractivity contribution in [2.45, 2.75) is 0 Å². The first-order valence-electron chi connectivity index (χ1n) is 4.13. The predicted octanol–water partition coefficient (Wildman–Crippen LogP) is 1.91. The lowest BCUT2D eigenvalue weighted by Crippen LogP contribution is -2.09. The highest BCUT2D eigenvalue weighted by atomic mass is 32.1. The molecule has 14 heavy (non-hydrogen) atoms. The smallest absolute Gasteiger partial charge is 0.265 e. The third kappa shape index (κ3) is 1.56. The van der Waals surface area contributed by atoms with Crippen molar-refractivity contribution in [1.29, 1.82) is 0 Å². The molecule has 2 rings (SSSR count). The lowest BCUT2D eigenvalue weighted by molar-refractivity contribution is 0.414. The summed E-state index contributed by atoms with van der Waals surface area (Å²) in [7, 11) is 1.61. The summed E-state index contributed by atoms with van der Waals surface area (Å²) in [5.41, 5.74) is 0.826. The van der Waals surface area contributed by atoms with Crippen LogP contribution in [0.2, 0.25) is 0 Å². The summed E-state index contributed by atoms with van der Waals surface area (Å²) >= 11 is 1.37. The zero-order valence-corrected chi connectivity index (χ0v) is 8.45. The fraction of sp³-hybridized carbons (Fsp3) is 0.100. The monoisotopic (exact) mass is 207 g/mol. The number of hydrogen-bond acceptors (Lipinski definition) is 3. The molecule has 0 unspecified atom stereocenters. The first kappa shape index (κ1) is 9.02. The van der Waals surface area contributed by atoms with Crippen LogP contribution in [0.15, 0.2) is 40.5 Å². The van der Waals surface area contributed by atoms with Crippen molar-refractivity contribution in [3.05, 3.63) is 46.1 Å². The van der Waals surface area contributed by atoms with E-state index in [1.807, 2.05) is 24.3 Å². The van der Waals surface area contributed by atoms with Crippen LogP contribution in [0.1, 0.15) is 0 Å². The van der Waals surface area contributed by atoms with Crippen LogP contribution in [0.4, 0.5) is 0 Å². The SMILES string of the molecule is COc1cccc(-n2sccc2=O)c1. The molecule has 0 N–H and O–H groups in total. The van der Waals surface area contributed by atoms with Crippen molar-refractivity contribution in [3.8, 4) is 11.4 Å². The Labute approximate surface area is 85.3 Å². The second-order valence-corrected chi connectivity index (χ2v) is 3.59. The summed E-state index contributed by atoms with van der Waals surface area (Å²) in [6.07, 6.45) is 0. The Morgan fingerprint density at radius 1 is 1.36 bits per heavy atom. The molecule has 1 heterocycles. The summed E-state index contributed by atoms with van der Waals surface area (Å²) in [6.45, 7) is 0. The molecule has 0 bridgehead atoms. The second-order valence-electron chi connectivity index (χ2n) is 2.74. The quantitative estimate of drug-likeness (QED) is 0.753. The fourth-order valence-corrected chi connectivity index (χ4v) is 1.89. The van der Waals surface area contributed by atoms with E-state index in [9.17, 15) is 4.79 Å². The van der Waals surface area contributed by atoms with Gasteiger partial charge >= 0.3 is 0 Å². The molecular formula is C10H9NO2S. The molecule has 0 fully saturated rings. The highest BCUT2D eigenvalue weighted by Crippen LogP contribution is 2.16. The lowest BCUT2D eigenvalue weighted by Gasteiger charge is -2.03. The van der Waals surface area contributed by atoms with E-state index in [4.69, 9.17) is 4.74 Å². The molecule has 0 aliphatic rings. The standard InChI is InChI=1S/C10H9NO2S/c1-13-9-4-2-3-8(7-9)11-10(12)5-6-14-11/h2-7H,1H3. The Kier molecular flexibility index (Phi) is 2.37. The van der Waals surface area contributed by atoms with Gasteiger partial charge in [0.05, 0.1) is 12.8 Å². The molecule has 0 radical (unpaired) electrons. The molecule has 2 aromatic rings. The number of rotatable bonds is 2. The van der Waals surface area contributed by atoms with Crippen LogP contribution in [0.3, 0.4) is 0 Å². The molecule has 0 spiro atoms. The summed E-state index contributed by atoms with van der Waals surface area (Å²) in [4.78, 5) is 11.4. The van der Waals surface area contributed by atoms with E-state index in [0.717, 1.165) is 11.4 Å². The van der Waals surface area contributed by atoms with Crippen molar-refractivity contribution in [3.63, 3.8) is 0 Å². The molecule has 72 valence electrons. The van der Waals surface area contributed by atoms with Crippen LogP contribution in [0.25, 0.3) is 5.69 Å². The second kappa shape index (κ2) is 3.67. The van der Waals surface area contributed by atoms with Crippen molar-refractivity contribution < 1.29 is 4.74 Å². The summed E-state index contributed by atoms with van der Waals surface area (Å²) in [5, 5.41) is 1.77. The van der Waals surface area contributed by atoms with Gasteiger partial charge in [-0.2, -0.15) is 0 Å². The van der Waals surface area contributed by atoms with E-state index >= 15 is 0 Å². The number of ether oxygens (including phenoxy) is 1. The Hall–Kier alpha value is -1.55. The van der Waals surface area contributed by atoms with Crippen LogP contribution in [0.5, 0.6) is 5.75 Å². The molecule has 4 heteroatoms. The van der Waals surface area contributed by atoms with Crippen molar-refractivity contribution in [2.24, 2.45) is 0 Å². The first-order valence-corrected chi connectivity index (χ1v) is 4.96. The molecule has 0 amide bonds. The largest absolute Gasteiger partial charge is 0.497 e. The Balaban J connectivity index is 2.52. The van der Waals surface area contributed by atoms with Gasteiger partial charge in [-0.1, -0.05) is 17.6 Å². The predicted molar refractivity (Wildman–Crippen MR) is 56.5 cm³/mol. The minimum atomic E-state index is -0.0109. The van der Waals surface area contributed by atoms with Gasteiger partial charge in [0.15, 0.2) is 0 Å². The fourth-order valence-electron chi connectivity index (χ4n) is 1.19. The topological polar surface area (TPSA) is 31.2 Å². The maximum atomic E-state index is 11.4. The normalized spacial score (nSPS) is 10.1. The average molecular weight is 207 g/mol. The molecular weight excluding hydrogens is 198 g/mol. The Bertz CT molecular complexity index is 487. The highest BCUT2D eigenvalue weighted by Gasteiger charge is 2.01. The molecule has 0 aliphatic carbocycles. The molecule has 1 aromatic heterocycles. The van der Waals surface area contributed by atoms with Gasteiger partial charge in [0.2, 0.25) is 0 Å².